The van der Waals surface area contributed by atoms with Gasteiger partial charge in [-0.3, -0.25) is 9.78 Å². The zero-order valence-electron chi connectivity index (χ0n) is 18.0. The second-order valence-electron chi connectivity index (χ2n) is 8.18. The molecule has 0 saturated carbocycles. The quantitative estimate of drug-likeness (QED) is 0.462. The molecule has 0 aliphatic carbocycles. The molecule has 1 saturated heterocycles. The number of aromatic nitrogens is 4. The van der Waals surface area contributed by atoms with Crippen molar-refractivity contribution < 1.29 is 4.79 Å². The molecule has 6 rings (SSSR count). The molecular weight excluding hydrogens is 412 g/mol. The monoisotopic (exact) mass is 434 g/mol. The van der Waals surface area contributed by atoms with Crippen molar-refractivity contribution >= 4 is 33.5 Å². The lowest BCUT2D eigenvalue weighted by atomic mass is 10.2. The van der Waals surface area contributed by atoms with E-state index in [-0.39, 0.29) is 5.91 Å². The van der Waals surface area contributed by atoms with Gasteiger partial charge in [0.15, 0.2) is 5.82 Å². The zero-order valence-corrected chi connectivity index (χ0v) is 18.0. The Balaban J connectivity index is 1.27. The number of nitrogens with zero attached hydrogens (tertiary/aromatic N) is 5. The Hall–Kier alpha value is -4.26. The van der Waals surface area contributed by atoms with Crippen LogP contribution >= 0.6 is 0 Å². The molecule has 1 aliphatic heterocycles. The molecule has 0 bridgehead atoms. The van der Waals surface area contributed by atoms with Crippen molar-refractivity contribution in [2.75, 3.05) is 31.1 Å². The van der Waals surface area contributed by atoms with E-state index in [4.69, 9.17) is 9.97 Å². The van der Waals surface area contributed by atoms with E-state index in [1.807, 2.05) is 65.6 Å². The fraction of sp³-hybridized carbons (Fsp3) is 0.154. The number of pyridine rings is 1. The van der Waals surface area contributed by atoms with E-state index in [0.29, 0.717) is 37.7 Å². The third-order valence-electron chi connectivity index (χ3n) is 6.13. The number of rotatable bonds is 3. The first-order valence-corrected chi connectivity index (χ1v) is 11.1. The maximum Gasteiger partial charge on any atom is 0.270 e. The van der Waals surface area contributed by atoms with Crippen molar-refractivity contribution in [3.05, 3.63) is 84.8 Å². The molecule has 3 aromatic heterocycles. The van der Waals surface area contributed by atoms with Crippen LogP contribution in [0.4, 0.5) is 5.82 Å². The topological polar surface area (TPSA) is 78.0 Å². The maximum absolute atomic E-state index is 13.1. The van der Waals surface area contributed by atoms with Crippen molar-refractivity contribution in [2.24, 2.45) is 0 Å². The Labute approximate surface area is 190 Å². The molecule has 0 radical (unpaired) electrons. The molecule has 1 N–H and O–H groups in total. The lowest BCUT2D eigenvalue weighted by Gasteiger charge is -2.35. The lowest BCUT2D eigenvalue weighted by Crippen LogP contribution is -2.49. The highest BCUT2D eigenvalue weighted by Crippen LogP contribution is 2.28. The van der Waals surface area contributed by atoms with E-state index in [2.05, 4.69) is 20.9 Å². The maximum atomic E-state index is 13.1. The molecule has 1 aliphatic rings. The number of nitrogens with one attached hydrogen (secondary N) is 1. The van der Waals surface area contributed by atoms with Crippen molar-refractivity contribution in [3.63, 3.8) is 0 Å². The Bertz CT molecular complexity index is 1420. The summed E-state index contributed by atoms with van der Waals surface area (Å²) in [6.45, 7) is 2.68. The third kappa shape index (κ3) is 3.57. The average molecular weight is 435 g/mol. The minimum absolute atomic E-state index is 0.0365. The van der Waals surface area contributed by atoms with Gasteiger partial charge >= 0.3 is 0 Å². The van der Waals surface area contributed by atoms with Gasteiger partial charge in [0, 0.05) is 60.4 Å². The standard InChI is InChI=1S/C26H22N6O/c33-26(23-16-18-6-1-3-9-21(18)28-23)32-14-12-31(13-15-32)25-20-8-2-4-10-22(20)29-24(30-25)19-7-5-11-27-17-19/h1-11,16-17,28H,12-15H2. The van der Waals surface area contributed by atoms with Gasteiger partial charge in [-0.1, -0.05) is 30.3 Å². The van der Waals surface area contributed by atoms with Crippen molar-refractivity contribution in [2.45, 2.75) is 0 Å². The van der Waals surface area contributed by atoms with Crippen LogP contribution in [0.15, 0.2) is 79.1 Å². The molecule has 4 heterocycles. The SMILES string of the molecule is O=C(c1cc2ccccc2[nH]1)N1CCN(c2nc(-c3cccnc3)nc3ccccc23)CC1. The van der Waals surface area contributed by atoms with Gasteiger partial charge in [-0.2, -0.15) is 0 Å². The summed E-state index contributed by atoms with van der Waals surface area (Å²) in [6.07, 6.45) is 3.53. The van der Waals surface area contributed by atoms with Gasteiger partial charge in [0.1, 0.15) is 11.5 Å². The molecule has 5 aromatic rings. The van der Waals surface area contributed by atoms with Crippen LogP contribution in [0.2, 0.25) is 0 Å². The summed E-state index contributed by atoms with van der Waals surface area (Å²) in [5, 5.41) is 2.07. The van der Waals surface area contributed by atoms with E-state index in [9.17, 15) is 4.79 Å². The first kappa shape index (κ1) is 19.4. The van der Waals surface area contributed by atoms with E-state index in [1.54, 1.807) is 12.4 Å². The minimum Gasteiger partial charge on any atom is -0.352 e. The van der Waals surface area contributed by atoms with E-state index < -0.39 is 0 Å². The van der Waals surface area contributed by atoms with Crippen molar-refractivity contribution in [3.8, 4) is 11.4 Å². The van der Waals surface area contributed by atoms with Crippen molar-refractivity contribution in [1.82, 2.24) is 24.8 Å². The van der Waals surface area contributed by atoms with Gasteiger partial charge in [0.05, 0.1) is 5.52 Å². The molecule has 33 heavy (non-hydrogen) atoms. The largest absolute Gasteiger partial charge is 0.352 e. The first-order chi connectivity index (χ1) is 16.3. The molecule has 162 valence electrons. The van der Waals surface area contributed by atoms with E-state index in [1.165, 1.54) is 0 Å². The van der Waals surface area contributed by atoms with Crippen LogP contribution in [0.25, 0.3) is 33.2 Å². The van der Waals surface area contributed by atoms with Gasteiger partial charge in [0.25, 0.3) is 5.91 Å². The predicted octanol–water partition coefficient (Wildman–Crippen LogP) is 4.14. The van der Waals surface area contributed by atoms with Crippen LogP contribution in [0.3, 0.4) is 0 Å². The number of hydrogen-bond donors (Lipinski definition) is 1. The highest BCUT2D eigenvalue weighted by molar-refractivity contribution is 5.98. The predicted molar refractivity (Wildman–Crippen MR) is 129 cm³/mol. The van der Waals surface area contributed by atoms with Crippen LogP contribution in [0.1, 0.15) is 10.5 Å². The van der Waals surface area contributed by atoms with Crippen molar-refractivity contribution in [1.29, 1.82) is 0 Å². The zero-order chi connectivity index (χ0) is 22.2. The average Bonchev–Trinajstić information content (AvgIpc) is 3.33. The fourth-order valence-corrected chi connectivity index (χ4v) is 4.41. The number of piperazine rings is 1. The molecule has 7 nitrogen and oxygen atoms in total. The molecule has 7 heteroatoms. The number of anilines is 1. The van der Waals surface area contributed by atoms with Gasteiger partial charge in [-0.25, -0.2) is 9.97 Å². The summed E-state index contributed by atoms with van der Waals surface area (Å²) >= 11 is 0. The number of benzene rings is 2. The van der Waals surface area contributed by atoms with Gasteiger partial charge < -0.3 is 14.8 Å². The molecular formula is C26H22N6O. The number of para-hydroxylation sites is 2. The molecule has 1 amide bonds. The van der Waals surface area contributed by atoms with Crippen LogP contribution in [-0.4, -0.2) is 56.9 Å². The van der Waals surface area contributed by atoms with Crippen LogP contribution in [0, 0.1) is 0 Å². The summed E-state index contributed by atoms with van der Waals surface area (Å²) in [5.74, 6) is 1.60. The Morgan fingerprint density at radius 1 is 0.879 bits per heavy atom. The lowest BCUT2D eigenvalue weighted by molar-refractivity contribution is 0.0741. The third-order valence-corrected chi connectivity index (χ3v) is 6.13. The van der Waals surface area contributed by atoms with Crippen LogP contribution in [0.5, 0.6) is 0 Å². The number of carbonyl (C=O) groups excluding carboxylic acids is 1. The highest BCUT2D eigenvalue weighted by atomic mass is 16.2. The number of H-pyrrole nitrogens is 1. The second-order valence-corrected chi connectivity index (χ2v) is 8.18. The Morgan fingerprint density at radius 3 is 2.52 bits per heavy atom. The van der Waals surface area contributed by atoms with E-state index >= 15 is 0 Å². The van der Waals surface area contributed by atoms with Gasteiger partial charge in [0.2, 0.25) is 0 Å². The minimum atomic E-state index is 0.0365. The second kappa shape index (κ2) is 8.02. The Morgan fingerprint density at radius 2 is 1.70 bits per heavy atom. The smallest absolute Gasteiger partial charge is 0.270 e. The number of fused-ring (bicyclic) bond motifs is 2. The molecule has 0 spiro atoms. The number of hydrogen-bond acceptors (Lipinski definition) is 5. The number of aromatic amines is 1. The van der Waals surface area contributed by atoms with Crippen LogP contribution < -0.4 is 4.90 Å². The molecule has 0 unspecified atom stereocenters. The van der Waals surface area contributed by atoms with Gasteiger partial charge in [-0.05, 0) is 36.4 Å². The summed E-state index contributed by atoms with van der Waals surface area (Å²) in [6, 6.07) is 21.8. The molecule has 1 fully saturated rings. The fourth-order valence-electron chi connectivity index (χ4n) is 4.41. The number of amides is 1. The number of carbonyl (C=O) groups is 1. The van der Waals surface area contributed by atoms with Crippen LogP contribution in [-0.2, 0) is 0 Å². The molecule has 2 aromatic carbocycles. The van der Waals surface area contributed by atoms with Gasteiger partial charge in [-0.15, -0.1) is 0 Å². The van der Waals surface area contributed by atoms with E-state index in [0.717, 1.165) is 33.2 Å². The summed E-state index contributed by atoms with van der Waals surface area (Å²) in [5.41, 5.74) is 3.40. The Kier molecular flexibility index (Phi) is 4.72. The molecule has 0 atom stereocenters. The first-order valence-electron chi connectivity index (χ1n) is 11.1. The summed E-state index contributed by atoms with van der Waals surface area (Å²) in [4.78, 5) is 34.4. The summed E-state index contributed by atoms with van der Waals surface area (Å²) < 4.78 is 0. The highest BCUT2D eigenvalue weighted by Gasteiger charge is 2.25. The summed E-state index contributed by atoms with van der Waals surface area (Å²) in [7, 11) is 0. The normalized spacial score (nSPS) is 14.2.